The number of nitrogens with one attached hydrogen (secondary N) is 1. The van der Waals surface area contributed by atoms with Crippen molar-refractivity contribution in [2.45, 2.75) is 31.5 Å². The van der Waals surface area contributed by atoms with E-state index in [-0.39, 0.29) is 6.10 Å². The molecular formula is C12H25NO4. The van der Waals surface area contributed by atoms with E-state index in [2.05, 4.69) is 5.32 Å². The molecule has 0 aliphatic heterocycles. The molecule has 0 aromatic heterocycles. The molecule has 1 saturated carbocycles. The second kappa shape index (κ2) is 8.83. The molecule has 3 N–H and O–H groups in total. The summed E-state index contributed by atoms with van der Waals surface area (Å²) in [6, 6.07) is 0. The molecule has 0 heterocycles. The molecule has 17 heavy (non-hydrogen) atoms. The highest BCUT2D eigenvalue weighted by Crippen LogP contribution is 2.24. The van der Waals surface area contributed by atoms with Crippen LogP contribution in [0.4, 0.5) is 0 Å². The van der Waals surface area contributed by atoms with Gasteiger partial charge in [-0.1, -0.05) is 0 Å². The summed E-state index contributed by atoms with van der Waals surface area (Å²) in [5.41, 5.74) is 0. The lowest BCUT2D eigenvalue weighted by molar-refractivity contribution is 0.0135. The predicted molar refractivity (Wildman–Crippen MR) is 64.9 cm³/mol. The fraction of sp³-hybridized carbons (Fsp3) is 1.00. The molecule has 0 aromatic carbocycles. The number of hydrogen-bond donors (Lipinski definition) is 3. The molecule has 3 unspecified atom stereocenters. The van der Waals surface area contributed by atoms with Gasteiger partial charge in [0.05, 0.1) is 32.0 Å². The van der Waals surface area contributed by atoms with Crippen molar-refractivity contribution < 1.29 is 19.7 Å². The van der Waals surface area contributed by atoms with Crippen LogP contribution < -0.4 is 5.32 Å². The lowest BCUT2D eigenvalue weighted by Crippen LogP contribution is -2.33. The Labute approximate surface area is 103 Å². The summed E-state index contributed by atoms with van der Waals surface area (Å²) < 4.78 is 10.1. The number of methoxy groups -OCH3 is 1. The highest BCUT2D eigenvalue weighted by molar-refractivity contribution is 4.76. The lowest BCUT2D eigenvalue weighted by atomic mass is 10.1. The van der Waals surface area contributed by atoms with E-state index in [1.165, 1.54) is 0 Å². The first kappa shape index (κ1) is 14.9. The Morgan fingerprint density at radius 2 is 2.18 bits per heavy atom. The van der Waals surface area contributed by atoms with Gasteiger partial charge in [0.15, 0.2) is 0 Å². The molecule has 0 amide bonds. The Morgan fingerprint density at radius 1 is 1.35 bits per heavy atom. The zero-order chi connectivity index (χ0) is 12.5. The van der Waals surface area contributed by atoms with Crippen molar-refractivity contribution in [1.82, 2.24) is 5.32 Å². The number of rotatable bonds is 9. The zero-order valence-corrected chi connectivity index (χ0v) is 10.6. The fourth-order valence-corrected chi connectivity index (χ4v) is 2.11. The molecular weight excluding hydrogens is 222 g/mol. The maximum atomic E-state index is 9.60. The fourth-order valence-electron chi connectivity index (χ4n) is 2.11. The Morgan fingerprint density at radius 3 is 2.82 bits per heavy atom. The van der Waals surface area contributed by atoms with Gasteiger partial charge < -0.3 is 25.0 Å². The minimum absolute atomic E-state index is 0.121. The van der Waals surface area contributed by atoms with Crippen LogP contribution in [0, 0.1) is 5.92 Å². The van der Waals surface area contributed by atoms with Gasteiger partial charge in [0.25, 0.3) is 0 Å². The average molecular weight is 247 g/mol. The van der Waals surface area contributed by atoms with Crippen LogP contribution in [0.3, 0.4) is 0 Å². The Hall–Kier alpha value is -0.200. The highest BCUT2D eigenvalue weighted by Gasteiger charge is 2.22. The van der Waals surface area contributed by atoms with Gasteiger partial charge in [0, 0.05) is 13.7 Å². The predicted octanol–water partition coefficient (Wildman–Crippen LogP) is -0.239. The largest absolute Gasteiger partial charge is 0.393 e. The number of ether oxygens (including phenoxy) is 2. The van der Waals surface area contributed by atoms with Gasteiger partial charge in [-0.3, -0.25) is 0 Å². The summed E-state index contributed by atoms with van der Waals surface area (Å²) >= 11 is 0. The normalized spacial score (nSPS) is 26.3. The zero-order valence-electron chi connectivity index (χ0n) is 10.6. The Balaban J connectivity index is 1.91. The quantitative estimate of drug-likeness (QED) is 0.491. The summed E-state index contributed by atoms with van der Waals surface area (Å²) in [4.78, 5) is 0. The van der Waals surface area contributed by atoms with Crippen LogP contribution in [0.2, 0.25) is 0 Å². The van der Waals surface area contributed by atoms with Crippen LogP contribution in [0.1, 0.15) is 19.3 Å². The summed E-state index contributed by atoms with van der Waals surface area (Å²) in [6.45, 7) is 2.82. The van der Waals surface area contributed by atoms with Crippen LogP contribution in [-0.2, 0) is 9.47 Å². The molecule has 0 aromatic rings. The number of hydrogen-bond acceptors (Lipinski definition) is 5. The van der Waals surface area contributed by atoms with Gasteiger partial charge in [-0.15, -0.1) is 0 Å². The van der Waals surface area contributed by atoms with E-state index in [9.17, 15) is 10.2 Å². The van der Waals surface area contributed by atoms with Gasteiger partial charge >= 0.3 is 0 Å². The molecule has 1 fully saturated rings. The van der Waals surface area contributed by atoms with Crippen LogP contribution in [0.15, 0.2) is 0 Å². The monoisotopic (exact) mass is 247 g/mol. The van der Waals surface area contributed by atoms with Crippen molar-refractivity contribution in [3.8, 4) is 0 Å². The molecule has 1 aliphatic carbocycles. The molecule has 1 aliphatic rings. The van der Waals surface area contributed by atoms with Crippen molar-refractivity contribution in [3.05, 3.63) is 0 Å². The molecule has 1 rings (SSSR count). The second-order valence-corrected chi connectivity index (χ2v) is 4.71. The third-order valence-electron chi connectivity index (χ3n) is 3.07. The summed E-state index contributed by atoms with van der Waals surface area (Å²) in [5.74, 6) is 0.548. The highest BCUT2D eigenvalue weighted by atomic mass is 16.5. The molecule has 3 atom stereocenters. The maximum absolute atomic E-state index is 9.60. The van der Waals surface area contributed by atoms with Crippen molar-refractivity contribution in [2.24, 2.45) is 5.92 Å². The van der Waals surface area contributed by atoms with Gasteiger partial charge in [0.2, 0.25) is 0 Å². The summed E-state index contributed by atoms with van der Waals surface area (Å²) in [5, 5.41) is 22.2. The van der Waals surface area contributed by atoms with E-state index in [1.807, 2.05) is 0 Å². The Bertz CT molecular complexity index is 191. The summed E-state index contributed by atoms with van der Waals surface area (Å²) in [7, 11) is 1.62. The van der Waals surface area contributed by atoms with Crippen LogP contribution >= 0.6 is 0 Å². The topological polar surface area (TPSA) is 71.0 Å². The van der Waals surface area contributed by atoms with Crippen molar-refractivity contribution in [1.29, 1.82) is 0 Å². The standard InChI is InChI=1S/C12H25NO4/c1-16-4-5-17-9-12(15)8-13-7-10-2-3-11(14)6-10/h10-15H,2-9H2,1H3. The van der Waals surface area contributed by atoms with Gasteiger partial charge in [-0.05, 0) is 31.7 Å². The second-order valence-electron chi connectivity index (χ2n) is 4.71. The van der Waals surface area contributed by atoms with Crippen LogP contribution in [-0.4, -0.2) is 62.4 Å². The van der Waals surface area contributed by atoms with Crippen molar-refractivity contribution >= 4 is 0 Å². The van der Waals surface area contributed by atoms with E-state index in [0.29, 0.717) is 32.3 Å². The molecule has 5 heteroatoms. The van der Waals surface area contributed by atoms with E-state index in [1.54, 1.807) is 7.11 Å². The minimum atomic E-state index is -0.474. The van der Waals surface area contributed by atoms with E-state index < -0.39 is 6.10 Å². The average Bonchev–Trinajstić information content (AvgIpc) is 2.71. The first-order valence-corrected chi connectivity index (χ1v) is 6.36. The molecule has 0 saturated heterocycles. The molecule has 102 valence electrons. The summed E-state index contributed by atoms with van der Waals surface area (Å²) in [6.07, 6.45) is 2.28. The third kappa shape index (κ3) is 6.95. The van der Waals surface area contributed by atoms with Crippen LogP contribution in [0.25, 0.3) is 0 Å². The molecule has 0 spiro atoms. The minimum Gasteiger partial charge on any atom is -0.393 e. The van der Waals surface area contributed by atoms with Crippen molar-refractivity contribution in [2.75, 3.05) is 40.0 Å². The number of aliphatic hydroxyl groups excluding tert-OH is 2. The van der Waals surface area contributed by atoms with Crippen molar-refractivity contribution in [3.63, 3.8) is 0 Å². The maximum Gasteiger partial charge on any atom is 0.0897 e. The van der Waals surface area contributed by atoms with Gasteiger partial charge in [0.1, 0.15) is 0 Å². The van der Waals surface area contributed by atoms with E-state index in [0.717, 1.165) is 25.8 Å². The lowest BCUT2D eigenvalue weighted by Gasteiger charge is -2.14. The Kier molecular flexibility index (Phi) is 7.72. The van der Waals surface area contributed by atoms with Gasteiger partial charge in [-0.25, -0.2) is 0 Å². The first-order chi connectivity index (χ1) is 8.22. The van der Waals surface area contributed by atoms with E-state index in [4.69, 9.17) is 9.47 Å². The van der Waals surface area contributed by atoms with Crippen LogP contribution in [0.5, 0.6) is 0 Å². The molecule has 5 nitrogen and oxygen atoms in total. The molecule has 0 radical (unpaired) electrons. The third-order valence-corrected chi connectivity index (χ3v) is 3.07. The van der Waals surface area contributed by atoms with E-state index >= 15 is 0 Å². The SMILES string of the molecule is COCCOCC(O)CNCC1CCC(O)C1. The smallest absolute Gasteiger partial charge is 0.0897 e. The number of aliphatic hydroxyl groups is 2. The van der Waals surface area contributed by atoms with Gasteiger partial charge in [-0.2, -0.15) is 0 Å². The molecule has 0 bridgehead atoms. The first-order valence-electron chi connectivity index (χ1n) is 6.36.